The summed E-state index contributed by atoms with van der Waals surface area (Å²) in [4.78, 5) is 28.2. The third-order valence-electron chi connectivity index (χ3n) is 6.63. The average Bonchev–Trinajstić information content (AvgIpc) is 3.39. The molecular weight excluding hydrogens is 435 g/mol. The Morgan fingerprint density at radius 3 is 2.76 bits per heavy atom. The van der Waals surface area contributed by atoms with Crippen molar-refractivity contribution >= 4 is 11.7 Å². The van der Waals surface area contributed by atoms with E-state index in [1.54, 1.807) is 18.3 Å². The number of amides is 1. The molecule has 8 nitrogen and oxygen atoms in total. The van der Waals surface area contributed by atoms with Crippen molar-refractivity contribution in [2.75, 3.05) is 50.7 Å². The van der Waals surface area contributed by atoms with Gasteiger partial charge in [0.05, 0.1) is 5.92 Å². The fourth-order valence-corrected chi connectivity index (χ4v) is 4.74. The number of rotatable bonds is 6. The molecule has 5 rings (SSSR count). The van der Waals surface area contributed by atoms with Gasteiger partial charge in [0.15, 0.2) is 0 Å². The van der Waals surface area contributed by atoms with Crippen LogP contribution in [0.1, 0.15) is 31.1 Å². The van der Waals surface area contributed by atoms with E-state index in [4.69, 9.17) is 4.52 Å². The molecule has 2 aliphatic rings. The minimum atomic E-state index is -0.324. The number of piperazine rings is 1. The van der Waals surface area contributed by atoms with Crippen LogP contribution in [0.5, 0.6) is 0 Å². The number of carbonyl (C=O) groups is 1. The van der Waals surface area contributed by atoms with Crippen LogP contribution in [0.2, 0.25) is 0 Å². The predicted molar refractivity (Wildman–Crippen MR) is 126 cm³/mol. The molecule has 9 heteroatoms. The lowest BCUT2D eigenvalue weighted by Gasteiger charge is -2.36. The van der Waals surface area contributed by atoms with Gasteiger partial charge in [-0.2, -0.15) is 4.98 Å². The standard InChI is InChI=1S/C25H29FN6O2/c26-21-7-3-5-19(17-21)24-28-25(34-29-24)20-6-4-11-30(18-20)12-9-23(33)32-15-13-31(14-16-32)22-8-1-2-10-27-22/h1-3,5,7-8,10,17,20H,4,6,9,11-16,18H2. The number of benzene rings is 1. The molecule has 0 bridgehead atoms. The Balaban J connectivity index is 1.11. The van der Waals surface area contributed by atoms with Crippen LogP contribution < -0.4 is 4.90 Å². The summed E-state index contributed by atoms with van der Waals surface area (Å²) in [7, 11) is 0. The SMILES string of the molecule is O=C(CCN1CCCC(c2nc(-c3cccc(F)c3)no2)C1)N1CCN(c2ccccn2)CC1. The van der Waals surface area contributed by atoms with Gasteiger partial charge in [-0.15, -0.1) is 0 Å². The summed E-state index contributed by atoms with van der Waals surface area (Å²) in [5.74, 6) is 1.97. The van der Waals surface area contributed by atoms with E-state index in [1.807, 2.05) is 23.1 Å². The van der Waals surface area contributed by atoms with Crippen LogP contribution in [0.3, 0.4) is 0 Å². The zero-order chi connectivity index (χ0) is 23.3. The normalized spacial score (nSPS) is 19.4. The van der Waals surface area contributed by atoms with Crippen LogP contribution in [0, 0.1) is 5.82 Å². The first-order valence-corrected chi connectivity index (χ1v) is 11.9. The van der Waals surface area contributed by atoms with Crippen LogP contribution in [-0.2, 0) is 4.79 Å². The van der Waals surface area contributed by atoms with E-state index in [0.29, 0.717) is 23.7 Å². The molecule has 1 aromatic carbocycles. The van der Waals surface area contributed by atoms with Crippen LogP contribution >= 0.6 is 0 Å². The average molecular weight is 465 g/mol. The third kappa shape index (κ3) is 5.25. The van der Waals surface area contributed by atoms with Crippen molar-refractivity contribution in [1.82, 2.24) is 24.9 Å². The van der Waals surface area contributed by atoms with Crippen molar-refractivity contribution in [3.63, 3.8) is 0 Å². The zero-order valence-corrected chi connectivity index (χ0v) is 19.1. The molecule has 2 aliphatic heterocycles. The molecule has 178 valence electrons. The topological polar surface area (TPSA) is 78.6 Å². The number of aromatic nitrogens is 3. The second kappa shape index (κ2) is 10.3. The number of piperidine rings is 1. The van der Waals surface area contributed by atoms with Gasteiger partial charge in [0.2, 0.25) is 17.6 Å². The molecule has 2 fully saturated rings. The molecule has 0 spiro atoms. The highest BCUT2D eigenvalue weighted by Crippen LogP contribution is 2.28. The second-order valence-electron chi connectivity index (χ2n) is 8.91. The smallest absolute Gasteiger partial charge is 0.231 e. The largest absolute Gasteiger partial charge is 0.353 e. The molecule has 0 aliphatic carbocycles. The number of carbonyl (C=O) groups excluding carboxylic acids is 1. The first-order valence-electron chi connectivity index (χ1n) is 11.9. The lowest BCUT2D eigenvalue weighted by molar-refractivity contribution is -0.131. The Morgan fingerprint density at radius 2 is 1.97 bits per heavy atom. The maximum absolute atomic E-state index is 13.5. The van der Waals surface area contributed by atoms with Crippen LogP contribution in [-0.4, -0.2) is 76.6 Å². The highest BCUT2D eigenvalue weighted by atomic mass is 19.1. The van der Waals surface area contributed by atoms with Gasteiger partial charge in [-0.25, -0.2) is 9.37 Å². The molecule has 4 heterocycles. The Hall–Kier alpha value is -3.33. The van der Waals surface area contributed by atoms with Crippen molar-refractivity contribution in [3.05, 3.63) is 60.4 Å². The van der Waals surface area contributed by atoms with Crippen molar-refractivity contribution in [1.29, 1.82) is 0 Å². The summed E-state index contributed by atoms with van der Waals surface area (Å²) >= 11 is 0. The molecule has 1 atom stereocenters. The number of pyridine rings is 1. The van der Waals surface area contributed by atoms with Gasteiger partial charge >= 0.3 is 0 Å². The van der Waals surface area contributed by atoms with E-state index < -0.39 is 0 Å². The van der Waals surface area contributed by atoms with Crippen LogP contribution in [0.4, 0.5) is 10.2 Å². The molecule has 2 aromatic heterocycles. The molecule has 3 aromatic rings. The summed E-state index contributed by atoms with van der Waals surface area (Å²) in [6.45, 7) is 5.53. The Bertz CT molecular complexity index is 1100. The molecule has 2 saturated heterocycles. The summed E-state index contributed by atoms with van der Waals surface area (Å²) in [6.07, 6.45) is 4.29. The number of halogens is 1. The molecule has 34 heavy (non-hydrogen) atoms. The van der Waals surface area contributed by atoms with Gasteiger partial charge in [0.1, 0.15) is 11.6 Å². The molecule has 0 N–H and O–H groups in total. The van der Waals surface area contributed by atoms with Gasteiger partial charge in [0.25, 0.3) is 0 Å². The van der Waals surface area contributed by atoms with Gasteiger partial charge in [-0.1, -0.05) is 23.4 Å². The van der Waals surface area contributed by atoms with Crippen molar-refractivity contribution in [2.24, 2.45) is 0 Å². The zero-order valence-electron chi connectivity index (χ0n) is 19.1. The second-order valence-corrected chi connectivity index (χ2v) is 8.91. The summed E-state index contributed by atoms with van der Waals surface area (Å²) in [5, 5.41) is 4.05. The number of likely N-dealkylation sites (tertiary alicyclic amines) is 1. The number of hydrogen-bond donors (Lipinski definition) is 0. The van der Waals surface area contributed by atoms with Crippen LogP contribution in [0.15, 0.2) is 53.2 Å². The minimum absolute atomic E-state index is 0.126. The van der Waals surface area contributed by atoms with Crippen molar-refractivity contribution in [3.8, 4) is 11.4 Å². The first kappa shape index (κ1) is 22.5. The lowest BCUT2D eigenvalue weighted by Crippen LogP contribution is -2.49. The number of nitrogens with zero attached hydrogens (tertiary/aromatic N) is 6. The van der Waals surface area contributed by atoms with Gasteiger partial charge < -0.3 is 19.2 Å². The molecule has 1 amide bonds. The highest BCUT2D eigenvalue weighted by molar-refractivity contribution is 5.76. The summed E-state index contributed by atoms with van der Waals surface area (Å²) in [5.41, 5.74) is 0.608. The van der Waals surface area contributed by atoms with Crippen LogP contribution in [0.25, 0.3) is 11.4 Å². The van der Waals surface area contributed by atoms with Crippen molar-refractivity contribution in [2.45, 2.75) is 25.2 Å². The molecular formula is C25H29FN6O2. The Morgan fingerprint density at radius 1 is 1.09 bits per heavy atom. The summed E-state index contributed by atoms with van der Waals surface area (Å²) < 4.78 is 19.0. The van der Waals surface area contributed by atoms with Crippen molar-refractivity contribution < 1.29 is 13.7 Å². The third-order valence-corrected chi connectivity index (χ3v) is 6.63. The quantitative estimate of drug-likeness (QED) is 0.554. The molecule has 1 unspecified atom stereocenters. The van der Waals surface area contributed by atoms with E-state index >= 15 is 0 Å². The first-order chi connectivity index (χ1) is 16.7. The van der Waals surface area contributed by atoms with E-state index in [2.05, 4.69) is 24.9 Å². The van der Waals surface area contributed by atoms with Gasteiger partial charge in [0, 0.05) is 57.4 Å². The fourth-order valence-electron chi connectivity index (χ4n) is 4.74. The predicted octanol–water partition coefficient (Wildman–Crippen LogP) is 3.19. The van der Waals surface area contributed by atoms with E-state index in [1.165, 1.54) is 12.1 Å². The monoisotopic (exact) mass is 464 g/mol. The minimum Gasteiger partial charge on any atom is -0.353 e. The van der Waals surface area contributed by atoms with E-state index in [9.17, 15) is 9.18 Å². The Labute approximate surface area is 198 Å². The fraction of sp³-hybridized carbons (Fsp3) is 0.440. The van der Waals surface area contributed by atoms with E-state index in [0.717, 1.165) is 64.5 Å². The molecule has 0 radical (unpaired) electrons. The van der Waals surface area contributed by atoms with Gasteiger partial charge in [-0.3, -0.25) is 4.79 Å². The maximum atomic E-state index is 13.5. The van der Waals surface area contributed by atoms with Gasteiger partial charge in [-0.05, 0) is 43.7 Å². The highest BCUT2D eigenvalue weighted by Gasteiger charge is 2.28. The number of hydrogen-bond acceptors (Lipinski definition) is 7. The summed E-state index contributed by atoms with van der Waals surface area (Å²) in [6, 6.07) is 12.1. The lowest BCUT2D eigenvalue weighted by atomic mass is 9.98. The number of anilines is 1. The van der Waals surface area contributed by atoms with E-state index in [-0.39, 0.29) is 17.6 Å². The Kier molecular flexibility index (Phi) is 6.80. The maximum Gasteiger partial charge on any atom is 0.231 e. The molecule has 0 saturated carbocycles.